The predicted octanol–water partition coefficient (Wildman–Crippen LogP) is 2.60. The smallest absolute Gasteiger partial charge is 0.160 e. The van der Waals surface area contributed by atoms with Crippen molar-refractivity contribution in [3.05, 3.63) is 24.3 Å². The van der Waals surface area contributed by atoms with Crippen molar-refractivity contribution in [1.82, 2.24) is 0 Å². The van der Waals surface area contributed by atoms with E-state index in [0.717, 1.165) is 10.8 Å². The molecule has 1 aromatic carbocycles. The first kappa shape index (κ1) is 9.64. The van der Waals surface area contributed by atoms with Gasteiger partial charge in [-0.1, -0.05) is 34.7 Å². The van der Waals surface area contributed by atoms with E-state index >= 15 is 0 Å². The quantitative estimate of drug-likeness (QED) is 0.521. The summed E-state index contributed by atoms with van der Waals surface area (Å²) in [5, 5.41) is 9.28. The third-order valence-corrected chi connectivity index (χ3v) is 2.16. The Bertz CT molecular complexity index is 238. The number of phenolic OH excluding ortho intramolecular Hbond substituents is 1. The molecule has 0 unspecified atom stereocenters. The third kappa shape index (κ3) is 2.89. The molecule has 3 heteroatoms. The van der Waals surface area contributed by atoms with E-state index in [4.69, 9.17) is 4.74 Å². The van der Waals surface area contributed by atoms with E-state index in [9.17, 15) is 5.11 Å². The van der Waals surface area contributed by atoms with Crippen LogP contribution in [0.4, 0.5) is 0 Å². The van der Waals surface area contributed by atoms with Crippen molar-refractivity contribution in [2.24, 2.45) is 0 Å². The monoisotopic (exact) mass is 278 g/mol. The lowest BCUT2D eigenvalue weighted by molar-refractivity contribution is 0.301. The number of hydrogen-bond acceptors (Lipinski definition) is 2. The van der Waals surface area contributed by atoms with Crippen LogP contribution in [0.1, 0.15) is 6.42 Å². The molecule has 0 spiro atoms. The van der Waals surface area contributed by atoms with E-state index in [1.807, 2.05) is 6.07 Å². The Kier molecular flexibility index (Phi) is 4.21. The van der Waals surface area contributed by atoms with Gasteiger partial charge in [0.15, 0.2) is 11.5 Å². The molecular weight excluding hydrogens is 267 g/mol. The largest absolute Gasteiger partial charge is 0.504 e. The van der Waals surface area contributed by atoms with Crippen molar-refractivity contribution in [3.8, 4) is 11.5 Å². The van der Waals surface area contributed by atoms with Crippen LogP contribution in [0.2, 0.25) is 0 Å². The summed E-state index contributed by atoms with van der Waals surface area (Å²) < 4.78 is 6.40. The van der Waals surface area contributed by atoms with Crippen LogP contribution in [-0.2, 0) is 0 Å². The highest BCUT2D eigenvalue weighted by molar-refractivity contribution is 14.1. The number of halogens is 1. The van der Waals surface area contributed by atoms with Gasteiger partial charge in [-0.2, -0.15) is 0 Å². The molecule has 1 rings (SSSR count). The van der Waals surface area contributed by atoms with Crippen LogP contribution in [0.3, 0.4) is 0 Å². The summed E-state index contributed by atoms with van der Waals surface area (Å²) in [6.45, 7) is 0.667. The third-order valence-electron chi connectivity index (χ3n) is 1.40. The maximum absolute atomic E-state index is 9.28. The minimum atomic E-state index is 0.214. The van der Waals surface area contributed by atoms with Gasteiger partial charge in [-0.15, -0.1) is 0 Å². The molecule has 0 aromatic heterocycles. The molecular formula is C9H11IO2. The zero-order valence-electron chi connectivity index (χ0n) is 6.66. The zero-order valence-corrected chi connectivity index (χ0v) is 8.82. The van der Waals surface area contributed by atoms with Crippen LogP contribution in [-0.4, -0.2) is 16.1 Å². The van der Waals surface area contributed by atoms with Gasteiger partial charge in [0.05, 0.1) is 6.61 Å². The van der Waals surface area contributed by atoms with E-state index in [0.29, 0.717) is 12.4 Å². The fourth-order valence-corrected chi connectivity index (χ4v) is 1.13. The Balaban J connectivity index is 2.46. The molecule has 0 heterocycles. The SMILES string of the molecule is Oc1ccccc1OCCCI. The van der Waals surface area contributed by atoms with Gasteiger partial charge in [0.25, 0.3) is 0 Å². The van der Waals surface area contributed by atoms with Crippen LogP contribution in [0.25, 0.3) is 0 Å². The highest BCUT2D eigenvalue weighted by atomic mass is 127. The highest BCUT2D eigenvalue weighted by Crippen LogP contribution is 2.24. The standard InChI is InChI=1S/C9H11IO2/c10-6-3-7-12-9-5-2-1-4-8(9)11/h1-2,4-5,11H,3,6-7H2. The van der Waals surface area contributed by atoms with Gasteiger partial charge < -0.3 is 9.84 Å². The maximum Gasteiger partial charge on any atom is 0.160 e. The molecule has 12 heavy (non-hydrogen) atoms. The minimum absolute atomic E-state index is 0.214. The number of alkyl halides is 1. The number of rotatable bonds is 4. The number of phenols is 1. The fraction of sp³-hybridized carbons (Fsp3) is 0.333. The van der Waals surface area contributed by atoms with E-state index in [2.05, 4.69) is 22.6 Å². The van der Waals surface area contributed by atoms with Crippen LogP contribution < -0.4 is 4.74 Å². The molecule has 0 saturated heterocycles. The Morgan fingerprint density at radius 1 is 1.33 bits per heavy atom. The molecule has 0 bridgehead atoms. The average molecular weight is 278 g/mol. The number of ether oxygens (including phenoxy) is 1. The summed E-state index contributed by atoms with van der Waals surface area (Å²) in [7, 11) is 0. The van der Waals surface area contributed by atoms with Crippen molar-refractivity contribution in [3.63, 3.8) is 0 Å². The molecule has 66 valence electrons. The van der Waals surface area contributed by atoms with Crippen molar-refractivity contribution in [2.45, 2.75) is 6.42 Å². The number of benzene rings is 1. The summed E-state index contributed by atoms with van der Waals surface area (Å²) in [4.78, 5) is 0. The summed E-state index contributed by atoms with van der Waals surface area (Å²) in [6.07, 6.45) is 1.01. The molecule has 2 nitrogen and oxygen atoms in total. The van der Waals surface area contributed by atoms with Crippen LogP contribution in [0, 0.1) is 0 Å². The topological polar surface area (TPSA) is 29.5 Å². The first-order chi connectivity index (χ1) is 5.84. The van der Waals surface area contributed by atoms with E-state index in [1.165, 1.54) is 0 Å². The zero-order chi connectivity index (χ0) is 8.81. The Morgan fingerprint density at radius 2 is 2.08 bits per heavy atom. The Hall–Kier alpha value is -0.450. The second kappa shape index (κ2) is 5.24. The first-order valence-electron chi connectivity index (χ1n) is 3.81. The van der Waals surface area contributed by atoms with Crippen molar-refractivity contribution in [2.75, 3.05) is 11.0 Å². The van der Waals surface area contributed by atoms with Gasteiger partial charge in [-0.25, -0.2) is 0 Å². The van der Waals surface area contributed by atoms with Gasteiger partial charge >= 0.3 is 0 Å². The summed E-state index contributed by atoms with van der Waals surface area (Å²) >= 11 is 2.30. The fourth-order valence-electron chi connectivity index (χ4n) is 0.816. The predicted molar refractivity (Wildman–Crippen MR) is 57.1 cm³/mol. The Labute approximate surface area is 85.7 Å². The second-order valence-corrected chi connectivity index (χ2v) is 3.44. The molecule has 1 aromatic rings. The lowest BCUT2D eigenvalue weighted by atomic mass is 10.3. The molecule has 1 N–H and O–H groups in total. The molecule has 0 aliphatic rings. The molecule has 0 radical (unpaired) electrons. The van der Waals surface area contributed by atoms with Crippen LogP contribution in [0.5, 0.6) is 11.5 Å². The number of aromatic hydroxyl groups is 1. The maximum atomic E-state index is 9.28. The van der Waals surface area contributed by atoms with Gasteiger partial charge in [-0.05, 0) is 18.6 Å². The number of para-hydroxylation sites is 2. The Morgan fingerprint density at radius 3 is 2.75 bits per heavy atom. The van der Waals surface area contributed by atoms with E-state index in [-0.39, 0.29) is 5.75 Å². The normalized spacial score (nSPS) is 9.75. The molecule has 0 aliphatic carbocycles. The van der Waals surface area contributed by atoms with E-state index < -0.39 is 0 Å². The molecule has 0 amide bonds. The molecule has 0 atom stereocenters. The van der Waals surface area contributed by atoms with Gasteiger partial charge in [0.1, 0.15) is 0 Å². The summed E-state index contributed by atoms with van der Waals surface area (Å²) in [6, 6.07) is 7.02. The highest BCUT2D eigenvalue weighted by Gasteiger charge is 1.98. The number of hydrogen-bond donors (Lipinski definition) is 1. The first-order valence-corrected chi connectivity index (χ1v) is 5.34. The lowest BCUT2D eigenvalue weighted by Gasteiger charge is -2.05. The second-order valence-electron chi connectivity index (χ2n) is 2.36. The van der Waals surface area contributed by atoms with E-state index in [1.54, 1.807) is 18.2 Å². The minimum Gasteiger partial charge on any atom is -0.504 e. The lowest BCUT2D eigenvalue weighted by Crippen LogP contribution is -1.97. The molecule has 0 aliphatic heterocycles. The summed E-state index contributed by atoms with van der Waals surface area (Å²) in [5.74, 6) is 0.785. The molecule has 0 saturated carbocycles. The van der Waals surface area contributed by atoms with Crippen molar-refractivity contribution < 1.29 is 9.84 Å². The van der Waals surface area contributed by atoms with Crippen molar-refractivity contribution >= 4 is 22.6 Å². The average Bonchev–Trinajstić information content (AvgIpc) is 2.09. The van der Waals surface area contributed by atoms with Crippen molar-refractivity contribution in [1.29, 1.82) is 0 Å². The summed E-state index contributed by atoms with van der Waals surface area (Å²) in [5.41, 5.74) is 0. The van der Waals surface area contributed by atoms with Gasteiger partial charge in [0, 0.05) is 4.43 Å². The molecule has 0 fully saturated rings. The van der Waals surface area contributed by atoms with Crippen LogP contribution in [0.15, 0.2) is 24.3 Å². The van der Waals surface area contributed by atoms with Gasteiger partial charge in [0.2, 0.25) is 0 Å². The van der Waals surface area contributed by atoms with Gasteiger partial charge in [-0.3, -0.25) is 0 Å². The van der Waals surface area contributed by atoms with Crippen LogP contribution >= 0.6 is 22.6 Å².